The van der Waals surface area contributed by atoms with Gasteiger partial charge in [-0.15, -0.1) is 0 Å². The Kier molecular flexibility index (Phi) is 4.09. The van der Waals surface area contributed by atoms with Crippen LogP contribution in [0.4, 0.5) is 5.69 Å². The number of halogens is 2. The van der Waals surface area contributed by atoms with Crippen LogP contribution in [0.3, 0.4) is 0 Å². The van der Waals surface area contributed by atoms with Crippen molar-refractivity contribution in [1.82, 2.24) is 4.98 Å². The van der Waals surface area contributed by atoms with Crippen LogP contribution in [0.15, 0.2) is 40.8 Å². The number of hydrogen-bond acceptors (Lipinski definition) is 4. The first-order valence-corrected chi connectivity index (χ1v) is 8.57. The topological polar surface area (TPSA) is 83.6 Å². The SMILES string of the molecule is O=C(O)[C@@H]1CC(=O)N(c2ccc(-c3nc4cc(Cl)cc(Cl)c4o3)cc2)C1. The summed E-state index contributed by atoms with van der Waals surface area (Å²) in [5.74, 6) is -1.45. The number of aromatic nitrogens is 1. The number of aliphatic carboxylic acids is 1. The van der Waals surface area contributed by atoms with Gasteiger partial charge in [-0.3, -0.25) is 9.59 Å². The predicted molar refractivity (Wildman–Crippen MR) is 97.6 cm³/mol. The van der Waals surface area contributed by atoms with Gasteiger partial charge in [0.15, 0.2) is 5.58 Å². The number of carbonyl (C=O) groups is 2. The zero-order valence-corrected chi connectivity index (χ0v) is 14.8. The van der Waals surface area contributed by atoms with Gasteiger partial charge < -0.3 is 14.4 Å². The Bertz CT molecular complexity index is 1030. The first kappa shape index (κ1) is 16.9. The maximum Gasteiger partial charge on any atom is 0.308 e. The highest BCUT2D eigenvalue weighted by Crippen LogP contribution is 2.33. The van der Waals surface area contributed by atoms with Gasteiger partial charge in [0.2, 0.25) is 11.8 Å². The van der Waals surface area contributed by atoms with Gasteiger partial charge in [0.05, 0.1) is 10.9 Å². The summed E-state index contributed by atoms with van der Waals surface area (Å²) in [6.45, 7) is 0.171. The molecule has 0 unspecified atom stereocenters. The first-order valence-electron chi connectivity index (χ1n) is 7.81. The molecule has 6 nitrogen and oxygen atoms in total. The van der Waals surface area contributed by atoms with Gasteiger partial charge in [0.1, 0.15) is 5.52 Å². The molecule has 2 aromatic carbocycles. The summed E-state index contributed by atoms with van der Waals surface area (Å²) >= 11 is 12.1. The average molecular weight is 391 g/mol. The van der Waals surface area contributed by atoms with Crippen LogP contribution in [0, 0.1) is 5.92 Å². The molecule has 0 aliphatic carbocycles. The fourth-order valence-corrected chi connectivity index (χ4v) is 3.51. The Morgan fingerprint density at radius 2 is 1.96 bits per heavy atom. The largest absolute Gasteiger partial charge is 0.481 e. The number of rotatable bonds is 3. The monoisotopic (exact) mass is 390 g/mol. The Labute approximate surface area is 157 Å². The molecule has 1 N–H and O–H groups in total. The summed E-state index contributed by atoms with van der Waals surface area (Å²) in [6.07, 6.45) is 0.0153. The number of oxazole rings is 1. The van der Waals surface area contributed by atoms with Crippen LogP contribution in [0.1, 0.15) is 6.42 Å². The third-order valence-electron chi connectivity index (χ3n) is 4.31. The van der Waals surface area contributed by atoms with E-state index in [1.54, 1.807) is 36.4 Å². The van der Waals surface area contributed by atoms with Crippen LogP contribution < -0.4 is 4.90 Å². The highest BCUT2D eigenvalue weighted by Gasteiger charge is 2.35. The third kappa shape index (κ3) is 2.91. The van der Waals surface area contributed by atoms with Gasteiger partial charge in [-0.05, 0) is 36.4 Å². The number of benzene rings is 2. The lowest BCUT2D eigenvalue weighted by Crippen LogP contribution is -2.25. The van der Waals surface area contributed by atoms with Gasteiger partial charge in [0, 0.05) is 29.2 Å². The van der Waals surface area contributed by atoms with E-state index >= 15 is 0 Å². The van der Waals surface area contributed by atoms with Crippen LogP contribution in [0.25, 0.3) is 22.6 Å². The van der Waals surface area contributed by atoms with Crippen molar-refractivity contribution in [3.05, 3.63) is 46.4 Å². The predicted octanol–water partition coefficient (Wildman–Crippen LogP) is 4.24. The summed E-state index contributed by atoms with van der Waals surface area (Å²) in [6, 6.07) is 10.2. The molecule has 0 bridgehead atoms. The number of carbonyl (C=O) groups excluding carboxylic acids is 1. The molecule has 1 saturated heterocycles. The van der Waals surface area contributed by atoms with E-state index in [2.05, 4.69) is 4.98 Å². The Morgan fingerprint density at radius 1 is 1.23 bits per heavy atom. The summed E-state index contributed by atoms with van der Waals surface area (Å²) in [7, 11) is 0. The van der Waals surface area contributed by atoms with E-state index in [1.807, 2.05) is 0 Å². The van der Waals surface area contributed by atoms with E-state index in [4.69, 9.17) is 32.7 Å². The zero-order chi connectivity index (χ0) is 18.4. The highest BCUT2D eigenvalue weighted by atomic mass is 35.5. The summed E-state index contributed by atoms with van der Waals surface area (Å²) in [4.78, 5) is 29.0. The van der Waals surface area contributed by atoms with Gasteiger partial charge in [-0.1, -0.05) is 23.2 Å². The van der Waals surface area contributed by atoms with Gasteiger partial charge in [-0.2, -0.15) is 0 Å². The van der Waals surface area contributed by atoms with E-state index in [0.29, 0.717) is 38.3 Å². The lowest BCUT2D eigenvalue weighted by atomic mass is 10.1. The number of hydrogen-bond donors (Lipinski definition) is 1. The van der Waals surface area contributed by atoms with Crippen molar-refractivity contribution in [2.24, 2.45) is 5.92 Å². The number of carboxylic acids is 1. The Hall–Kier alpha value is -2.57. The molecule has 3 aromatic rings. The van der Waals surface area contributed by atoms with Crippen molar-refractivity contribution < 1.29 is 19.1 Å². The first-order chi connectivity index (χ1) is 12.4. The fraction of sp³-hybridized carbons (Fsp3) is 0.167. The molecule has 1 fully saturated rings. The second kappa shape index (κ2) is 6.30. The maximum absolute atomic E-state index is 12.0. The van der Waals surface area contributed by atoms with Gasteiger partial charge in [-0.25, -0.2) is 4.98 Å². The number of carboxylic acid groups (broad SMARTS) is 1. The molecular weight excluding hydrogens is 379 g/mol. The Morgan fingerprint density at radius 3 is 2.62 bits per heavy atom. The molecule has 0 radical (unpaired) electrons. The lowest BCUT2D eigenvalue weighted by Gasteiger charge is -2.16. The van der Waals surface area contributed by atoms with Crippen molar-refractivity contribution in [3.8, 4) is 11.5 Å². The molecule has 1 aromatic heterocycles. The second-order valence-electron chi connectivity index (χ2n) is 6.05. The van der Waals surface area contributed by atoms with E-state index in [1.165, 1.54) is 4.90 Å². The number of nitrogens with zero attached hydrogens (tertiary/aromatic N) is 2. The number of fused-ring (bicyclic) bond motifs is 1. The van der Waals surface area contributed by atoms with E-state index in [9.17, 15) is 9.59 Å². The smallest absolute Gasteiger partial charge is 0.308 e. The van der Waals surface area contributed by atoms with Crippen LogP contribution in [0.5, 0.6) is 0 Å². The molecular formula is C18H12Cl2N2O4. The highest BCUT2D eigenvalue weighted by molar-refractivity contribution is 6.38. The van der Waals surface area contributed by atoms with Crippen molar-refractivity contribution in [3.63, 3.8) is 0 Å². The molecule has 2 heterocycles. The van der Waals surface area contributed by atoms with Crippen molar-refractivity contribution in [2.45, 2.75) is 6.42 Å². The minimum absolute atomic E-state index is 0.0153. The maximum atomic E-state index is 12.0. The number of anilines is 1. The van der Waals surface area contributed by atoms with Gasteiger partial charge >= 0.3 is 5.97 Å². The van der Waals surface area contributed by atoms with Crippen LogP contribution in [-0.2, 0) is 9.59 Å². The molecule has 0 saturated carbocycles. The van der Waals surface area contributed by atoms with Crippen molar-refractivity contribution in [1.29, 1.82) is 0 Å². The molecule has 1 aliphatic rings. The normalized spacial score (nSPS) is 17.2. The quantitative estimate of drug-likeness (QED) is 0.722. The molecule has 0 spiro atoms. The minimum Gasteiger partial charge on any atom is -0.481 e. The average Bonchev–Trinajstić information content (AvgIpc) is 3.19. The molecule has 1 atom stereocenters. The van der Waals surface area contributed by atoms with E-state index < -0.39 is 11.9 Å². The summed E-state index contributed by atoms with van der Waals surface area (Å²) < 4.78 is 5.71. The summed E-state index contributed by atoms with van der Waals surface area (Å²) in [5, 5.41) is 9.93. The fourth-order valence-electron chi connectivity index (χ4n) is 2.99. The zero-order valence-electron chi connectivity index (χ0n) is 13.3. The third-order valence-corrected chi connectivity index (χ3v) is 4.81. The van der Waals surface area contributed by atoms with Crippen LogP contribution in [-0.4, -0.2) is 28.5 Å². The van der Waals surface area contributed by atoms with Crippen molar-refractivity contribution in [2.75, 3.05) is 11.4 Å². The molecule has 1 amide bonds. The van der Waals surface area contributed by atoms with E-state index in [0.717, 1.165) is 0 Å². The van der Waals surface area contributed by atoms with Crippen molar-refractivity contribution >= 4 is 51.9 Å². The summed E-state index contributed by atoms with van der Waals surface area (Å²) in [5.41, 5.74) is 2.35. The molecule has 4 rings (SSSR count). The Balaban J connectivity index is 1.63. The van der Waals surface area contributed by atoms with Crippen LogP contribution >= 0.6 is 23.2 Å². The van der Waals surface area contributed by atoms with Gasteiger partial charge in [0.25, 0.3) is 0 Å². The van der Waals surface area contributed by atoms with E-state index in [-0.39, 0.29) is 18.9 Å². The minimum atomic E-state index is -0.959. The molecule has 132 valence electrons. The molecule has 8 heteroatoms. The molecule has 1 aliphatic heterocycles. The number of amides is 1. The lowest BCUT2D eigenvalue weighted by molar-refractivity contribution is -0.141. The molecule has 26 heavy (non-hydrogen) atoms. The van der Waals surface area contributed by atoms with Crippen LogP contribution in [0.2, 0.25) is 10.0 Å². The second-order valence-corrected chi connectivity index (χ2v) is 6.89. The standard InChI is InChI=1S/C18H12Cl2N2O4/c19-11-6-13(20)16-14(7-11)21-17(26-16)9-1-3-12(4-2-9)22-8-10(18(24)25)5-15(22)23/h1-4,6-7,10H,5,8H2,(H,24,25)/t10-/m1/s1.